The number of carbonyl (C=O) groups excluding carboxylic acids is 1. The Bertz CT molecular complexity index is 816. The lowest BCUT2D eigenvalue weighted by Gasteiger charge is -2.06. The highest BCUT2D eigenvalue weighted by molar-refractivity contribution is 6.30. The molecule has 2 heterocycles. The highest BCUT2D eigenvalue weighted by atomic mass is 35.5. The number of nitrogens with two attached hydrogens (primary N) is 1. The van der Waals surface area contributed by atoms with Crippen molar-refractivity contribution in [3.8, 4) is 11.3 Å². The van der Waals surface area contributed by atoms with E-state index in [0.29, 0.717) is 22.8 Å². The molecule has 0 aliphatic carbocycles. The molecule has 3 N–H and O–H groups in total. The smallest absolute Gasteiger partial charge is 0.259 e. The minimum absolute atomic E-state index is 0.0301. The number of halogens is 1. The van der Waals surface area contributed by atoms with Gasteiger partial charge < -0.3 is 15.6 Å². The monoisotopic (exact) mass is 328 g/mol. The van der Waals surface area contributed by atoms with Gasteiger partial charge in [-0.15, -0.1) is 0 Å². The lowest BCUT2D eigenvalue weighted by atomic mass is 10.1. The lowest BCUT2D eigenvalue weighted by Crippen LogP contribution is -2.23. The number of anilines is 1. The van der Waals surface area contributed by atoms with E-state index in [0.717, 1.165) is 5.56 Å². The SMILES string of the molecule is Nc1onc(-c2cccnc2)c1C(=O)NCc1ccc(Cl)cc1. The summed E-state index contributed by atoms with van der Waals surface area (Å²) < 4.78 is 4.96. The van der Waals surface area contributed by atoms with Crippen molar-refractivity contribution >= 4 is 23.4 Å². The largest absolute Gasteiger partial charge is 0.367 e. The molecule has 0 atom stereocenters. The summed E-state index contributed by atoms with van der Waals surface area (Å²) in [7, 11) is 0. The van der Waals surface area contributed by atoms with Crippen molar-refractivity contribution in [1.29, 1.82) is 0 Å². The fourth-order valence-electron chi connectivity index (χ4n) is 2.10. The second-order valence-corrected chi connectivity index (χ2v) is 5.26. The van der Waals surface area contributed by atoms with Gasteiger partial charge in [-0.25, -0.2) is 0 Å². The van der Waals surface area contributed by atoms with Gasteiger partial charge in [-0.2, -0.15) is 0 Å². The first-order chi connectivity index (χ1) is 11.1. The molecule has 0 bridgehead atoms. The van der Waals surface area contributed by atoms with Crippen LogP contribution in [0.4, 0.5) is 5.88 Å². The minimum atomic E-state index is -0.363. The van der Waals surface area contributed by atoms with Gasteiger partial charge in [-0.05, 0) is 29.8 Å². The first-order valence-electron chi connectivity index (χ1n) is 6.83. The predicted octanol–water partition coefficient (Wildman–Crippen LogP) is 2.90. The van der Waals surface area contributed by atoms with Crippen LogP contribution in [0.15, 0.2) is 53.3 Å². The maximum Gasteiger partial charge on any atom is 0.259 e. The zero-order chi connectivity index (χ0) is 16.2. The molecule has 0 saturated carbocycles. The van der Waals surface area contributed by atoms with Crippen LogP contribution >= 0.6 is 11.6 Å². The molecule has 0 spiro atoms. The van der Waals surface area contributed by atoms with Gasteiger partial charge in [0.15, 0.2) is 0 Å². The third-order valence-corrected chi connectivity index (χ3v) is 3.50. The number of nitrogens with zero attached hydrogens (tertiary/aromatic N) is 2. The van der Waals surface area contributed by atoms with Crippen LogP contribution in [0.25, 0.3) is 11.3 Å². The van der Waals surface area contributed by atoms with Crippen LogP contribution in [0.2, 0.25) is 5.02 Å². The van der Waals surface area contributed by atoms with Crippen LogP contribution in [-0.2, 0) is 6.54 Å². The molecule has 0 aliphatic rings. The van der Waals surface area contributed by atoms with E-state index < -0.39 is 0 Å². The van der Waals surface area contributed by atoms with Gasteiger partial charge >= 0.3 is 0 Å². The second kappa shape index (κ2) is 6.50. The molecule has 3 rings (SSSR count). The van der Waals surface area contributed by atoms with Crippen molar-refractivity contribution < 1.29 is 9.32 Å². The number of carbonyl (C=O) groups is 1. The van der Waals surface area contributed by atoms with E-state index in [2.05, 4.69) is 15.5 Å². The molecule has 1 amide bonds. The molecule has 0 fully saturated rings. The fraction of sp³-hybridized carbons (Fsp3) is 0.0625. The van der Waals surface area contributed by atoms with E-state index in [4.69, 9.17) is 21.9 Å². The first kappa shape index (κ1) is 15.1. The number of rotatable bonds is 4. The number of aromatic nitrogens is 2. The molecule has 2 aromatic heterocycles. The molecular formula is C16H13ClN4O2. The van der Waals surface area contributed by atoms with Gasteiger partial charge in [0.25, 0.3) is 5.91 Å². The van der Waals surface area contributed by atoms with Gasteiger partial charge in [0.2, 0.25) is 5.88 Å². The van der Waals surface area contributed by atoms with Gasteiger partial charge in [0, 0.05) is 29.5 Å². The summed E-state index contributed by atoms with van der Waals surface area (Å²) in [5.41, 5.74) is 7.88. The van der Waals surface area contributed by atoms with Crippen molar-refractivity contribution in [1.82, 2.24) is 15.5 Å². The Morgan fingerprint density at radius 1 is 1.26 bits per heavy atom. The Balaban J connectivity index is 1.80. The number of nitrogens with one attached hydrogen (secondary N) is 1. The molecule has 3 aromatic rings. The first-order valence-corrected chi connectivity index (χ1v) is 7.21. The number of benzene rings is 1. The average Bonchev–Trinajstić information content (AvgIpc) is 2.96. The summed E-state index contributed by atoms with van der Waals surface area (Å²) in [6, 6.07) is 10.7. The second-order valence-electron chi connectivity index (χ2n) is 4.82. The molecule has 7 heteroatoms. The Morgan fingerprint density at radius 3 is 2.74 bits per heavy atom. The van der Waals surface area contributed by atoms with Crippen LogP contribution < -0.4 is 11.1 Å². The van der Waals surface area contributed by atoms with Gasteiger partial charge in [-0.3, -0.25) is 9.78 Å². The normalized spacial score (nSPS) is 10.5. The number of amides is 1. The summed E-state index contributed by atoms with van der Waals surface area (Å²) >= 11 is 5.83. The summed E-state index contributed by atoms with van der Waals surface area (Å²) in [6.45, 7) is 0.340. The Labute approximate surface area is 137 Å². The summed E-state index contributed by atoms with van der Waals surface area (Å²) in [4.78, 5) is 16.4. The highest BCUT2D eigenvalue weighted by Crippen LogP contribution is 2.26. The van der Waals surface area contributed by atoms with Crippen LogP contribution in [0.1, 0.15) is 15.9 Å². The van der Waals surface area contributed by atoms with E-state index in [9.17, 15) is 4.79 Å². The maximum atomic E-state index is 12.4. The van der Waals surface area contributed by atoms with Crippen molar-refractivity contribution in [2.24, 2.45) is 0 Å². The number of nitrogen functional groups attached to an aromatic ring is 1. The molecule has 0 unspecified atom stereocenters. The van der Waals surface area contributed by atoms with Crippen LogP contribution in [0.5, 0.6) is 0 Å². The standard InChI is InChI=1S/C16H13ClN4O2/c17-12-5-3-10(4-6-12)8-20-16(22)13-14(21-23-15(13)18)11-2-1-7-19-9-11/h1-7,9H,8,18H2,(H,20,22). The third-order valence-electron chi connectivity index (χ3n) is 3.25. The zero-order valence-corrected chi connectivity index (χ0v) is 12.7. The Morgan fingerprint density at radius 2 is 2.04 bits per heavy atom. The summed E-state index contributed by atoms with van der Waals surface area (Å²) in [5.74, 6) is -0.394. The Kier molecular flexibility index (Phi) is 4.25. The van der Waals surface area contributed by atoms with E-state index in [-0.39, 0.29) is 17.4 Å². The van der Waals surface area contributed by atoms with E-state index >= 15 is 0 Å². The van der Waals surface area contributed by atoms with E-state index in [1.807, 2.05) is 12.1 Å². The number of hydrogen-bond acceptors (Lipinski definition) is 5. The number of hydrogen-bond donors (Lipinski definition) is 2. The summed E-state index contributed by atoms with van der Waals surface area (Å²) in [5, 5.41) is 7.29. The molecular weight excluding hydrogens is 316 g/mol. The van der Waals surface area contributed by atoms with Crippen molar-refractivity contribution in [3.05, 3.63) is 64.9 Å². The molecule has 6 nitrogen and oxygen atoms in total. The highest BCUT2D eigenvalue weighted by Gasteiger charge is 2.22. The van der Waals surface area contributed by atoms with Gasteiger partial charge in [0.1, 0.15) is 11.3 Å². The van der Waals surface area contributed by atoms with Gasteiger partial charge in [-0.1, -0.05) is 28.9 Å². The molecule has 0 saturated heterocycles. The molecule has 0 aliphatic heterocycles. The van der Waals surface area contributed by atoms with Crippen molar-refractivity contribution in [2.45, 2.75) is 6.54 Å². The van der Waals surface area contributed by atoms with E-state index in [1.165, 1.54) is 0 Å². The number of pyridine rings is 1. The molecule has 116 valence electrons. The lowest BCUT2D eigenvalue weighted by molar-refractivity contribution is 0.0952. The fourth-order valence-corrected chi connectivity index (χ4v) is 2.22. The molecule has 0 radical (unpaired) electrons. The molecule has 1 aromatic carbocycles. The van der Waals surface area contributed by atoms with Crippen LogP contribution in [-0.4, -0.2) is 16.0 Å². The van der Waals surface area contributed by atoms with Crippen LogP contribution in [0.3, 0.4) is 0 Å². The van der Waals surface area contributed by atoms with Crippen molar-refractivity contribution in [2.75, 3.05) is 5.73 Å². The van der Waals surface area contributed by atoms with E-state index in [1.54, 1.807) is 36.7 Å². The summed E-state index contributed by atoms with van der Waals surface area (Å²) in [6.07, 6.45) is 3.22. The predicted molar refractivity (Wildman–Crippen MR) is 86.8 cm³/mol. The topological polar surface area (TPSA) is 94.0 Å². The van der Waals surface area contributed by atoms with Gasteiger partial charge in [0.05, 0.1) is 0 Å². The van der Waals surface area contributed by atoms with Crippen LogP contribution in [0, 0.1) is 0 Å². The maximum absolute atomic E-state index is 12.4. The third kappa shape index (κ3) is 3.32. The minimum Gasteiger partial charge on any atom is -0.367 e. The van der Waals surface area contributed by atoms with Crippen molar-refractivity contribution in [3.63, 3.8) is 0 Å². The average molecular weight is 329 g/mol. The molecule has 23 heavy (non-hydrogen) atoms. The quantitative estimate of drug-likeness (QED) is 0.768. The Hall–Kier alpha value is -2.86. The zero-order valence-electron chi connectivity index (χ0n) is 12.0.